The molecule has 0 unspecified atom stereocenters. The van der Waals surface area contributed by atoms with E-state index in [1.165, 1.54) is 0 Å². The van der Waals surface area contributed by atoms with Crippen molar-refractivity contribution in [2.24, 2.45) is 0 Å². The van der Waals surface area contributed by atoms with Crippen LogP contribution >= 0.6 is 46.4 Å². The van der Waals surface area contributed by atoms with Crippen LogP contribution in [0.25, 0.3) is 11.1 Å². The summed E-state index contributed by atoms with van der Waals surface area (Å²) in [7, 11) is 0. The molecule has 0 amide bonds. The molecule has 0 nitrogen and oxygen atoms in total. The second kappa shape index (κ2) is 4.85. The van der Waals surface area contributed by atoms with E-state index >= 15 is 0 Å². The molecule has 4 heteroatoms. The molecule has 0 heterocycles. The van der Waals surface area contributed by atoms with Crippen molar-refractivity contribution in [3.63, 3.8) is 0 Å². The van der Waals surface area contributed by atoms with E-state index in [0.29, 0.717) is 20.1 Å². The molecular weight excluding hydrogens is 286 g/mol. The molecule has 0 radical (unpaired) electrons. The fourth-order valence-electron chi connectivity index (χ4n) is 1.41. The minimum Gasteiger partial charge on any atom is -0.0837 e. The summed E-state index contributed by atoms with van der Waals surface area (Å²) in [5.41, 5.74) is 1.62. The third-order valence-electron chi connectivity index (χ3n) is 2.17. The lowest BCUT2D eigenvalue weighted by atomic mass is 10.1. The van der Waals surface area contributed by atoms with Gasteiger partial charge in [-0.15, -0.1) is 0 Å². The summed E-state index contributed by atoms with van der Waals surface area (Å²) < 4.78 is 0. The Kier molecular flexibility index (Phi) is 3.66. The van der Waals surface area contributed by atoms with Crippen LogP contribution < -0.4 is 0 Å². The minimum atomic E-state index is 0.433. The molecule has 16 heavy (non-hydrogen) atoms. The summed E-state index contributed by atoms with van der Waals surface area (Å²) in [5, 5.41) is 2.05. The predicted molar refractivity (Wildman–Crippen MR) is 71.9 cm³/mol. The molecule has 0 bridgehead atoms. The summed E-state index contributed by atoms with van der Waals surface area (Å²) in [5.74, 6) is 0. The smallest absolute Gasteiger partial charge is 0.0607 e. The molecular formula is C12H6Cl4. The normalized spacial score (nSPS) is 10.5. The second-order valence-electron chi connectivity index (χ2n) is 3.23. The second-order valence-corrected chi connectivity index (χ2v) is 4.85. The third kappa shape index (κ3) is 2.31. The van der Waals surface area contributed by atoms with Crippen molar-refractivity contribution < 1.29 is 0 Å². The van der Waals surface area contributed by atoms with Gasteiger partial charge in [-0.1, -0.05) is 64.6 Å². The number of benzene rings is 2. The number of hydrogen-bond donors (Lipinski definition) is 0. The van der Waals surface area contributed by atoms with E-state index in [0.717, 1.165) is 11.1 Å². The zero-order valence-electron chi connectivity index (χ0n) is 7.98. The zero-order chi connectivity index (χ0) is 11.7. The lowest BCUT2D eigenvalue weighted by Crippen LogP contribution is -1.82. The van der Waals surface area contributed by atoms with Gasteiger partial charge < -0.3 is 0 Å². The Bertz CT molecular complexity index is 535. The van der Waals surface area contributed by atoms with Gasteiger partial charge in [-0.05, 0) is 18.2 Å². The maximum Gasteiger partial charge on any atom is 0.0607 e. The Balaban J connectivity index is 2.65. The summed E-state index contributed by atoms with van der Waals surface area (Å²) in [6.07, 6.45) is 0. The van der Waals surface area contributed by atoms with Crippen molar-refractivity contribution in [2.45, 2.75) is 0 Å². The highest BCUT2D eigenvalue weighted by Gasteiger charge is 2.10. The fraction of sp³-hybridized carbons (Fsp3) is 0. The molecule has 82 valence electrons. The van der Waals surface area contributed by atoms with E-state index in [2.05, 4.69) is 0 Å². The van der Waals surface area contributed by atoms with Crippen LogP contribution in [0.2, 0.25) is 20.1 Å². The van der Waals surface area contributed by atoms with Crippen LogP contribution in [0.4, 0.5) is 0 Å². The summed E-state index contributed by atoms with van der Waals surface area (Å²) in [6.45, 7) is 0. The Morgan fingerprint density at radius 3 is 1.88 bits per heavy atom. The lowest BCUT2D eigenvalue weighted by molar-refractivity contribution is 1.61. The molecule has 0 saturated heterocycles. The SMILES string of the molecule is Clc1cc(Cl)c(-c2ccccc2Cl)cc1Cl. The largest absolute Gasteiger partial charge is 0.0837 e. The molecule has 0 aromatic heterocycles. The molecule has 0 N–H and O–H groups in total. The highest BCUT2D eigenvalue weighted by molar-refractivity contribution is 6.44. The highest BCUT2D eigenvalue weighted by atomic mass is 35.5. The van der Waals surface area contributed by atoms with Crippen molar-refractivity contribution >= 4 is 46.4 Å². The Morgan fingerprint density at radius 1 is 0.562 bits per heavy atom. The predicted octanol–water partition coefficient (Wildman–Crippen LogP) is 5.97. The van der Waals surface area contributed by atoms with Gasteiger partial charge in [0.1, 0.15) is 0 Å². The third-order valence-corrected chi connectivity index (χ3v) is 3.54. The molecule has 0 fully saturated rings. The topological polar surface area (TPSA) is 0 Å². The van der Waals surface area contributed by atoms with Crippen LogP contribution in [0, 0.1) is 0 Å². The molecule has 2 aromatic rings. The van der Waals surface area contributed by atoms with Crippen LogP contribution in [-0.2, 0) is 0 Å². The van der Waals surface area contributed by atoms with Gasteiger partial charge in [0.2, 0.25) is 0 Å². The van der Waals surface area contributed by atoms with Crippen LogP contribution in [0.5, 0.6) is 0 Å². The first kappa shape index (κ1) is 12.1. The lowest BCUT2D eigenvalue weighted by Gasteiger charge is -2.08. The maximum atomic E-state index is 6.11. The van der Waals surface area contributed by atoms with Crippen molar-refractivity contribution in [3.05, 3.63) is 56.5 Å². The fourth-order valence-corrected chi connectivity index (χ4v) is 2.29. The van der Waals surface area contributed by atoms with E-state index in [4.69, 9.17) is 46.4 Å². The van der Waals surface area contributed by atoms with Gasteiger partial charge in [0.05, 0.1) is 15.1 Å². The molecule has 2 aromatic carbocycles. The van der Waals surface area contributed by atoms with Crippen LogP contribution in [-0.4, -0.2) is 0 Å². The standard InChI is InChI=1S/C12H6Cl4/c13-9-4-2-1-3-7(9)8-5-11(15)12(16)6-10(8)14/h1-6H. The van der Waals surface area contributed by atoms with Gasteiger partial charge >= 0.3 is 0 Å². The van der Waals surface area contributed by atoms with Crippen molar-refractivity contribution in [2.75, 3.05) is 0 Å². The van der Waals surface area contributed by atoms with Gasteiger partial charge in [-0.2, -0.15) is 0 Å². The Labute approximate surface area is 114 Å². The molecule has 0 aliphatic rings. The average molecular weight is 292 g/mol. The van der Waals surface area contributed by atoms with Gasteiger partial charge in [0.25, 0.3) is 0 Å². The number of hydrogen-bond acceptors (Lipinski definition) is 0. The van der Waals surface area contributed by atoms with Crippen LogP contribution in [0.1, 0.15) is 0 Å². The number of halogens is 4. The van der Waals surface area contributed by atoms with Gasteiger partial charge in [-0.25, -0.2) is 0 Å². The Morgan fingerprint density at radius 2 is 1.19 bits per heavy atom. The molecule has 0 spiro atoms. The first-order valence-corrected chi connectivity index (χ1v) is 6.00. The van der Waals surface area contributed by atoms with Crippen molar-refractivity contribution in [1.29, 1.82) is 0 Å². The monoisotopic (exact) mass is 290 g/mol. The summed E-state index contributed by atoms with van der Waals surface area (Å²) in [6, 6.07) is 10.8. The average Bonchev–Trinajstić information content (AvgIpc) is 2.25. The van der Waals surface area contributed by atoms with Crippen molar-refractivity contribution in [3.8, 4) is 11.1 Å². The van der Waals surface area contributed by atoms with E-state index in [-0.39, 0.29) is 0 Å². The molecule has 0 saturated carbocycles. The van der Waals surface area contributed by atoms with Crippen molar-refractivity contribution in [1.82, 2.24) is 0 Å². The highest BCUT2D eigenvalue weighted by Crippen LogP contribution is 2.37. The van der Waals surface area contributed by atoms with E-state index in [9.17, 15) is 0 Å². The minimum absolute atomic E-state index is 0.433. The van der Waals surface area contributed by atoms with E-state index in [1.807, 2.05) is 18.2 Å². The van der Waals surface area contributed by atoms with Gasteiger partial charge in [-0.3, -0.25) is 0 Å². The first-order chi connectivity index (χ1) is 7.59. The Hall–Kier alpha value is -0.400. The summed E-state index contributed by atoms with van der Waals surface area (Å²) >= 11 is 24.0. The van der Waals surface area contributed by atoms with E-state index < -0.39 is 0 Å². The summed E-state index contributed by atoms with van der Waals surface area (Å²) in [4.78, 5) is 0. The van der Waals surface area contributed by atoms with Crippen LogP contribution in [0.15, 0.2) is 36.4 Å². The molecule has 0 atom stereocenters. The first-order valence-electron chi connectivity index (χ1n) is 4.49. The molecule has 0 aliphatic carbocycles. The zero-order valence-corrected chi connectivity index (χ0v) is 11.0. The maximum absolute atomic E-state index is 6.11. The van der Waals surface area contributed by atoms with E-state index in [1.54, 1.807) is 18.2 Å². The van der Waals surface area contributed by atoms with Gasteiger partial charge in [0.15, 0.2) is 0 Å². The van der Waals surface area contributed by atoms with Crippen LogP contribution in [0.3, 0.4) is 0 Å². The number of rotatable bonds is 1. The molecule has 2 rings (SSSR count). The quantitative estimate of drug-likeness (QED) is 0.568. The van der Waals surface area contributed by atoms with Gasteiger partial charge in [0, 0.05) is 16.1 Å². The molecule has 0 aliphatic heterocycles.